The maximum absolute atomic E-state index is 12.9. The number of allylic oxidation sites excluding steroid dienone is 4. The van der Waals surface area contributed by atoms with E-state index in [2.05, 4.69) is 42.3 Å². The van der Waals surface area contributed by atoms with Crippen molar-refractivity contribution in [3.63, 3.8) is 0 Å². The van der Waals surface area contributed by atoms with Gasteiger partial charge >= 0.3 is 16.4 Å². The second-order valence-corrected chi connectivity index (χ2v) is 17.7. The second-order valence-electron chi connectivity index (χ2n) is 16.7. The zero-order valence-electron chi connectivity index (χ0n) is 37.8. The molecule has 1 fully saturated rings. The molecule has 0 aromatic heterocycles. The normalized spacial score (nSPS) is 20.4. The van der Waals surface area contributed by atoms with Crippen molar-refractivity contribution in [1.82, 2.24) is 0 Å². The molecule has 0 aromatic rings. The van der Waals surface area contributed by atoms with E-state index in [1.165, 1.54) is 128 Å². The van der Waals surface area contributed by atoms with Crippen molar-refractivity contribution in [2.24, 2.45) is 0 Å². The number of ether oxygens (including phenoxy) is 4. The SMILES string of the molecule is CCCC/C=C\CCCCCCCCOCC(COC1OC(CO)C(O)C(OS(=O)(=O)O)C1O)OC(=O)CCCCCCCCCCC/C=C\CCCCCCCCCC. The second kappa shape index (κ2) is 39.2. The van der Waals surface area contributed by atoms with Crippen LogP contribution in [0.1, 0.15) is 206 Å². The van der Waals surface area contributed by atoms with E-state index in [1.807, 2.05) is 0 Å². The first-order valence-electron chi connectivity index (χ1n) is 24.1. The summed E-state index contributed by atoms with van der Waals surface area (Å²) >= 11 is 0. The third-order valence-electron chi connectivity index (χ3n) is 11.0. The first-order chi connectivity index (χ1) is 29.1. The standard InChI is InChI=1S/C47H88O12S/c1-3-5-7-9-11-13-15-17-18-19-20-21-22-23-24-25-26-28-30-32-34-36-43(49)57-41(39-55-37-35-33-31-29-27-16-14-12-10-8-6-4-2)40-56-47-45(51)46(59-60(52,53)54)44(50)42(38-48)58-47/h10,12,19-20,41-42,44-48,50-51H,3-9,11,13-18,21-40H2,1-2H3,(H,52,53,54)/b12-10-,20-19-. The molecule has 0 spiro atoms. The number of esters is 1. The Balaban J connectivity index is 2.36. The summed E-state index contributed by atoms with van der Waals surface area (Å²) in [5.74, 6) is -0.402. The Morgan fingerprint density at radius 1 is 0.617 bits per heavy atom. The van der Waals surface area contributed by atoms with Crippen LogP contribution in [-0.2, 0) is 38.3 Å². The molecule has 0 amide bonds. The van der Waals surface area contributed by atoms with E-state index < -0.39 is 59.8 Å². The third kappa shape index (κ3) is 32.3. The lowest BCUT2D eigenvalue weighted by atomic mass is 9.99. The zero-order valence-corrected chi connectivity index (χ0v) is 38.6. The molecule has 354 valence electrons. The first-order valence-corrected chi connectivity index (χ1v) is 25.5. The fourth-order valence-electron chi connectivity index (χ4n) is 7.35. The fourth-order valence-corrected chi connectivity index (χ4v) is 7.86. The molecule has 1 heterocycles. The van der Waals surface area contributed by atoms with Crippen molar-refractivity contribution in [3.05, 3.63) is 24.3 Å². The Morgan fingerprint density at radius 3 is 1.55 bits per heavy atom. The van der Waals surface area contributed by atoms with Gasteiger partial charge in [-0.3, -0.25) is 9.35 Å². The number of unbranched alkanes of at least 4 members (excludes halogenated alkanes) is 25. The Bertz CT molecular complexity index is 1150. The molecule has 1 aliphatic rings. The van der Waals surface area contributed by atoms with E-state index in [1.54, 1.807) is 0 Å². The van der Waals surface area contributed by atoms with E-state index in [0.717, 1.165) is 51.4 Å². The van der Waals surface area contributed by atoms with E-state index in [9.17, 15) is 28.5 Å². The summed E-state index contributed by atoms with van der Waals surface area (Å²) in [6.45, 7) is 3.95. The molecular weight excluding hydrogens is 789 g/mol. The van der Waals surface area contributed by atoms with Gasteiger partial charge in [0, 0.05) is 13.0 Å². The van der Waals surface area contributed by atoms with E-state index in [-0.39, 0.29) is 19.6 Å². The summed E-state index contributed by atoms with van der Waals surface area (Å²) in [6, 6.07) is 0. The minimum atomic E-state index is -5.06. The molecule has 1 aliphatic heterocycles. The molecule has 12 nitrogen and oxygen atoms in total. The van der Waals surface area contributed by atoms with Crippen molar-refractivity contribution in [2.75, 3.05) is 26.4 Å². The highest BCUT2D eigenvalue weighted by Crippen LogP contribution is 2.26. The summed E-state index contributed by atoms with van der Waals surface area (Å²) in [5, 5.41) is 30.7. The van der Waals surface area contributed by atoms with Crippen LogP contribution in [0.5, 0.6) is 0 Å². The molecule has 13 heteroatoms. The average Bonchev–Trinajstić information content (AvgIpc) is 3.22. The van der Waals surface area contributed by atoms with Gasteiger partial charge < -0.3 is 34.3 Å². The van der Waals surface area contributed by atoms with Crippen molar-refractivity contribution in [2.45, 2.75) is 243 Å². The highest BCUT2D eigenvalue weighted by Gasteiger charge is 2.48. The highest BCUT2D eigenvalue weighted by molar-refractivity contribution is 7.80. The van der Waals surface area contributed by atoms with Crippen molar-refractivity contribution in [3.8, 4) is 0 Å². The lowest BCUT2D eigenvalue weighted by molar-refractivity contribution is -0.301. The number of carbonyl (C=O) groups is 1. The Morgan fingerprint density at radius 2 is 1.07 bits per heavy atom. The van der Waals surface area contributed by atoms with Crippen LogP contribution in [0.2, 0.25) is 0 Å². The van der Waals surface area contributed by atoms with Crippen LogP contribution in [-0.4, -0.2) is 97.5 Å². The summed E-state index contributed by atoms with van der Waals surface area (Å²) in [7, 11) is -5.06. The molecule has 0 saturated carbocycles. The van der Waals surface area contributed by atoms with Crippen LogP contribution >= 0.6 is 0 Å². The first kappa shape index (κ1) is 56.6. The Hall–Kier alpha value is -1.42. The number of aliphatic hydroxyl groups is 3. The van der Waals surface area contributed by atoms with Crippen LogP contribution in [0.25, 0.3) is 0 Å². The van der Waals surface area contributed by atoms with Gasteiger partial charge in [0.15, 0.2) is 6.29 Å². The molecule has 0 aliphatic carbocycles. The highest BCUT2D eigenvalue weighted by atomic mass is 32.3. The minimum absolute atomic E-state index is 0.0333. The van der Waals surface area contributed by atoms with Crippen LogP contribution in [0.3, 0.4) is 0 Å². The average molecular weight is 877 g/mol. The molecule has 1 saturated heterocycles. The van der Waals surface area contributed by atoms with E-state index in [4.69, 9.17) is 23.5 Å². The van der Waals surface area contributed by atoms with Gasteiger partial charge in [0.1, 0.15) is 30.5 Å². The zero-order chi connectivity index (χ0) is 43.9. The number of carbonyl (C=O) groups excluding carboxylic acids is 1. The predicted molar refractivity (Wildman–Crippen MR) is 239 cm³/mol. The predicted octanol–water partition coefficient (Wildman–Crippen LogP) is 10.4. The summed E-state index contributed by atoms with van der Waals surface area (Å²) in [5.41, 5.74) is 0. The number of aliphatic hydroxyl groups excluding tert-OH is 3. The Kier molecular flexibility index (Phi) is 37.0. The number of hydrogen-bond acceptors (Lipinski definition) is 11. The summed E-state index contributed by atoms with van der Waals surface area (Å²) < 4.78 is 59.1. The van der Waals surface area contributed by atoms with Crippen molar-refractivity contribution < 1.29 is 56.2 Å². The minimum Gasteiger partial charge on any atom is -0.457 e. The molecule has 0 radical (unpaired) electrons. The molecule has 0 aromatic carbocycles. The lowest BCUT2D eigenvalue weighted by Crippen LogP contribution is -2.60. The monoisotopic (exact) mass is 877 g/mol. The van der Waals surface area contributed by atoms with Crippen LogP contribution in [0, 0.1) is 0 Å². The maximum atomic E-state index is 12.9. The Labute approximate surface area is 365 Å². The van der Waals surface area contributed by atoms with Gasteiger partial charge in [-0.25, -0.2) is 4.18 Å². The van der Waals surface area contributed by atoms with Gasteiger partial charge in [-0.05, 0) is 57.8 Å². The molecular formula is C47H88O12S. The largest absolute Gasteiger partial charge is 0.457 e. The smallest absolute Gasteiger partial charge is 0.397 e. The van der Waals surface area contributed by atoms with Crippen molar-refractivity contribution >= 4 is 16.4 Å². The molecule has 6 atom stereocenters. The van der Waals surface area contributed by atoms with E-state index >= 15 is 0 Å². The maximum Gasteiger partial charge on any atom is 0.397 e. The topological polar surface area (TPSA) is 178 Å². The molecule has 1 rings (SSSR count). The van der Waals surface area contributed by atoms with Gasteiger partial charge in [-0.1, -0.05) is 167 Å². The molecule has 60 heavy (non-hydrogen) atoms. The number of hydrogen-bond donors (Lipinski definition) is 4. The van der Waals surface area contributed by atoms with Gasteiger partial charge in [0.2, 0.25) is 0 Å². The van der Waals surface area contributed by atoms with Crippen LogP contribution in [0.15, 0.2) is 24.3 Å². The quantitative estimate of drug-likeness (QED) is 0.0198. The van der Waals surface area contributed by atoms with E-state index in [0.29, 0.717) is 13.0 Å². The fraction of sp³-hybridized carbons (Fsp3) is 0.894. The summed E-state index contributed by atoms with van der Waals surface area (Å²) in [6.07, 6.45) is 35.0. The molecule has 4 N–H and O–H groups in total. The van der Waals surface area contributed by atoms with Gasteiger partial charge in [0.05, 0.1) is 19.8 Å². The van der Waals surface area contributed by atoms with Gasteiger partial charge in [-0.15, -0.1) is 0 Å². The summed E-state index contributed by atoms with van der Waals surface area (Å²) in [4.78, 5) is 12.9. The lowest BCUT2D eigenvalue weighted by Gasteiger charge is -2.41. The van der Waals surface area contributed by atoms with Gasteiger partial charge in [0.25, 0.3) is 0 Å². The number of rotatable bonds is 42. The van der Waals surface area contributed by atoms with Crippen molar-refractivity contribution in [1.29, 1.82) is 0 Å². The van der Waals surface area contributed by atoms with Gasteiger partial charge in [-0.2, -0.15) is 8.42 Å². The van der Waals surface area contributed by atoms with Crippen LogP contribution < -0.4 is 0 Å². The molecule has 6 unspecified atom stereocenters. The molecule has 0 bridgehead atoms. The van der Waals surface area contributed by atoms with Crippen LogP contribution in [0.4, 0.5) is 0 Å². The third-order valence-corrected chi connectivity index (χ3v) is 11.5.